The minimum absolute atomic E-state index is 0.165. The number of nitrogens with two attached hydrogens (primary N) is 1. The number of hydrogen-bond acceptors (Lipinski definition) is 4. The molecule has 0 radical (unpaired) electrons. The number of aromatic nitrogens is 2. The Hall–Kier alpha value is -1.69. The number of rotatable bonds is 2. The van der Waals surface area contributed by atoms with E-state index in [1.165, 1.54) is 13.4 Å². The van der Waals surface area contributed by atoms with Crippen LogP contribution in [0.4, 0.5) is 0 Å². The Morgan fingerprint density at radius 2 is 2.33 bits per heavy atom. The summed E-state index contributed by atoms with van der Waals surface area (Å²) in [4.78, 5) is 28.1. The van der Waals surface area contributed by atoms with E-state index >= 15 is 0 Å². The SMILES string of the molecule is CN1C(=O)CC(n2cncc2CN)C1=O. The van der Waals surface area contributed by atoms with Crippen LogP contribution >= 0.6 is 0 Å². The van der Waals surface area contributed by atoms with E-state index in [0.717, 1.165) is 10.6 Å². The number of likely N-dealkylation sites (N-methyl/N-ethyl adjacent to an activating group) is 1. The number of amides is 2. The summed E-state index contributed by atoms with van der Waals surface area (Å²) in [7, 11) is 1.49. The van der Waals surface area contributed by atoms with Crippen molar-refractivity contribution in [2.75, 3.05) is 7.05 Å². The molecule has 1 aliphatic heterocycles. The van der Waals surface area contributed by atoms with Gasteiger partial charge in [-0.05, 0) is 0 Å². The summed E-state index contributed by atoms with van der Waals surface area (Å²) >= 11 is 0. The molecule has 0 saturated carbocycles. The lowest BCUT2D eigenvalue weighted by Crippen LogP contribution is -2.27. The third-order valence-electron chi connectivity index (χ3n) is 2.65. The predicted octanol–water partition coefficient (Wildman–Crippen LogP) is -0.728. The first-order valence-electron chi connectivity index (χ1n) is 4.66. The molecule has 0 spiro atoms. The average Bonchev–Trinajstić information content (AvgIpc) is 2.78. The maximum atomic E-state index is 11.7. The molecule has 2 rings (SSSR count). The molecule has 0 aromatic carbocycles. The van der Waals surface area contributed by atoms with Crippen LogP contribution in [0.25, 0.3) is 0 Å². The molecule has 6 heteroatoms. The minimum Gasteiger partial charge on any atom is -0.325 e. The zero-order valence-electron chi connectivity index (χ0n) is 8.38. The van der Waals surface area contributed by atoms with E-state index in [0.29, 0.717) is 6.54 Å². The number of likely N-dealkylation sites (tertiary alicyclic amines) is 1. The summed E-state index contributed by atoms with van der Waals surface area (Å²) in [6, 6.07) is -0.469. The van der Waals surface area contributed by atoms with Crippen molar-refractivity contribution in [1.82, 2.24) is 14.5 Å². The summed E-state index contributed by atoms with van der Waals surface area (Å²) in [6.07, 6.45) is 3.34. The maximum absolute atomic E-state index is 11.7. The molecule has 6 nitrogen and oxygen atoms in total. The van der Waals surface area contributed by atoms with Gasteiger partial charge in [-0.25, -0.2) is 4.98 Å². The number of hydrogen-bond donors (Lipinski definition) is 1. The molecule has 2 heterocycles. The minimum atomic E-state index is -0.469. The first-order chi connectivity index (χ1) is 7.15. The molecular weight excluding hydrogens is 196 g/mol. The van der Waals surface area contributed by atoms with Crippen LogP contribution in [-0.2, 0) is 16.1 Å². The van der Waals surface area contributed by atoms with E-state index in [1.54, 1.807) is 10.8 Å². The Morgan fingerprint density at radius 3 is 2.87 bits per heavy atom. The second-order valence-electron chi connectivity index (χ2n) is 3.51. The van der Waals surface area contributed by atoms with Crippen molar-refractivity contribution < 1.29 is 9.59 Å². The maximum Gasteiger partial charge on any atom is 0.252 e. The fraction of sp³-hybridized carbons (Fsp3) is 0.444. The van der Waals surface area contributed by atoms with E-state index in [4.69, 9.17) is 5.73 Å². The molecule has 80 valence electrons. The second kappa shape index (κ2) is 3.47. The summed E-state index contributed by atoms with van der Waals surface area (Å²) in [5, 5.41) is 0. The van der Waals surface area contributed by atoms with Gasteiger partial charge in [0.25, 0.3) is 5.91 Å². The van der Waals surface area contributed by atoms with Gasteiger partial charge in [0.15, 0.2) is 0 Å². The molecule has 1 aliphatic rings. The first kappa shape index (κ1) is 9.85. The van der Waals surface area contributed by atoms with Gasteiger partial charge in [0.1, 0.15) is 6.04 Å². The molecule has 15 heavy (non-hydrogen) atoms. The van der Waals surface area contributed by atoms with Gasteiger partial charge >= 0.3 is 0 Å². The zero-order valence-corrected chi connectivity index (χ0v) is 8.38. The van der Waals surface area contributed by atoms with Gasteiger partial charge in [-0.3, -0.25) is 14.5 Å². The number of carbonyl (C=O) groups excluding carboxylic acids is 2. The van der Waals surface area contributed by atoms with Crippen molar-refractivity contribution in [3.05, 3.63) is 18.2 Å². The number of nitrogens with zero attached hydrogens (tertiary/aromatic N) is 3. The van der Waals surface area contributed by atoms with Gasteiger partial charge in [0, 0.05) is 19.8 Å². The second-order valence-corrected chi connectivity index (χ2v) is 3.51. The molecular formula is C9H12N4O2. The molecule has 0 aliphatic carbocycles. The van der Waals surface area contributed by atoms with E-state index in [2.05, 4.69) is 4.98 Å². The monoisotopic (exact) mass is 208 g/mol. The highest BCUT2D eigenvalue weighted by molar-refractivity contribution is 6.04. The van der Waals surface area contributed by atoms with E-state index in [1.807, 2.05) is 0 Å². The van der Waals surface area contributed by atoms with Crippen molar-refractivity contribution >= 4 is 11.8 Å². The van der Waals surface area contributed by atoms with Crippen molar-refractivity contribution in [1.29, 1.82) is 0 Å². The molecule has 1 unspecified atom stereocenters. The van der Waals surface area contributed by atoms with Crippen LogP contribution < -0.4 is 5.73 Å². The van der Waals surface area contributed by atoms with Crippen LogP contribution in [0.15, 0.2) is 12.5 Å². The van der Waals surface area contributed by atoms with Crippen LogP contribution in [0, 0.1) is 0 Å². The molecule has 2 amide bonds. The lowest BCUT2D eigenvalue weighted by atomic mass is 10.2. The van der Waals surface area contributed by atoms with Gasteiger partial charge in [-0.2, -0.15) is 0 Å². The third kappa shape index (κ3) is 1.42. The summed E-state index contributed by atoms with van der Waals surface area (Å²) < 4.78 is 1.67. The Morgan fingerprint density at radius 1 is 1.60 bits per heavy atom. The quantitative estimate of drug-likeness (QED) is 0.650. The lowest BCUT2D eigenvalue weighted by Gasteiger charge is -2.12. The highest BCUT2D eigenvalue weighted by Crippen LogP contribution is 2.24. The summed E-state index contributed by atoms with van der Waals surface area (Å²) in [5.74, 6) is -0.366. The van der Waals surface area contributed by atoms with Crippen molar-refractivity contribution in [2.45, 2.75) is 19.0 Å². The van der Waals surface area contributed by atoms with Gasteiger partial charge in [0.2, 0.25) is 5.91 Å². The molecule has 2 N–H and O–H groups in total. The van der Waals surface area contributed by atoms with Crippen LogP contribution in [0.3, 0.4) is 0 Å². The standard InChI is InChI=1S/C9H12N4O2/c1-12-8(14)2-7(9(12)15)13-5-11-4-6(13)3-10/h4-5,7H,2-3,10H2,1H3. The molecule has 0 bridgehead atoms. The molecule has 1 atom stereocenters. The largest absolute Gasteiger partial charge is 0.325 e. The number of carbonyl (C=O) groups is 2. The highest BCUT2D eigenvalue weighted by Gasteiger charge is 2.37. The Kier molecular flexibility index (Phi) is 2.28. The smallest absolute Gasteiger partial charge is 0.252 e. The fourth-order valence-electron chi connectivity index (χ4n) is 1.72. The topological polar surface area (TPSA) is 81.2 Å². The Balaban J connectivity index is 2.33. The van der Waals surface area contributed by atoms with Crippen LogP contribution in [0.1, 0.15) is 18.2 Å². The Bertz CT molecular complexity index is 412. The van der Waals surface area contributed by atoms with Crippen molar-refractivity contribution in [2.24, 2.45) is 5.73 Å². The number of imide groups is 1. The third-order valence-corrected chi connectivity index (χ3v) is 2.65. The molecule has 1 fully saturated rings. The van der Waals surface area contributed by atoms with Gasteiger partial charge in [-0.15, -0.1) is 0 Å². The lowest BCUT2D eigenvalue weighted by molar-refractivity contribution is -0.137. The van der Waals surface area contributed by atoms with Crippen LogP contribution in [0.2, 0.25) is 0 Å². The normalized spacial score (nSPS) is 21.5. The summed E-state index contributed by atoms with van der Waals surface area (Å²) in [6.45, 7) is 0.307. The van der Waals surface area contributed by atoms with Gasteiger partial charge in [0.05, 0.1) is 18.4 Å². The molecule has 1 saturated heterocycles. The fourth-order valence-corrected chi connectivity index (χ4v) is 1.72. The van der Waals surface area contributed by atoms with E-state index < -0.39 is 6.04 Å². The average molecular weight is 208 g/mol. The zero-order chi connectivity index (χ0) is 11.0. The van der Waals surface area contributed by atoms with Crippen molar-refractivity contribution in [3.8, 4) is 0 Å². The van der Waals surface area contributed by atoms with Gasteiger partial charge in [-0.1, -0.05) is 0 Å². The predicted molar refractivity (Wildman–Crippen MR) is 51.5 cm³/mol. The molecule has 1 aromatic rings. The number of imidazole rings is 1. The van der Waals surface area contributed by atoms with E-state index in [-0.39, 0.29) is 18.2 Å². The van der Waals surface area contributed by atoms with Gasteiger partial charge < -0.3 is 10.3 Å². The van der Waals surface area contributed by atoms with E-state index in [9.17, 15) is 9.59 Å². The Labute approximate surface area is 86.7 Å². The summed E-state index contributed by atoms with van der Waals surface area (Å²) in [5.41, 5.74) is 6.27. The van der Waals surface area contributed by atoms with Crippen LogP contribution in [0.5, 0.6) is 0 Å². The van der Waals surface area contributed by atoms with Crippen molar-refractivity contribution in [3.63, 3.8) is 0 Å². The first-order valence-corrected chi connectivity index (χ1v) is 4.66. The highest BCUT2D eigenvalue weighted by atomic mass is 16.2. The molecule has 1 aromatic heterocycles. The van der Waals surface area contributed by atoms with Crippen LogP contribution in [-0.4, -0.2) is 33.3 Å².